The Morgan fingerprint density at radius 1 is 1.14 bits per heavy atom. The standard InChI is InChI=1S/C16H29N3O2/c1-14(2)7-8-15(3)21-12-6-9-18(4)10-11-19(5)13-16(17)20/h7-8H,1,3,6,9-13H2,2,4-5H3,(H2,17,20)/b8-7-. The Hall–Kier alpha value is -1.59. The van der Waals surface area contributed by atoms with Gasteiger partial charge in [0.15, 0.2) is 0 Å². The summed E-state index contributed by atoms with van der Waals surface area (Å²) in [5.74, 6) is 0.358. The molecule has 0 aliphatic carbocycles. The van der Waals surface area contributed by atoms with Gasteiger partial charge in [-0.1, -0.05) is 24.8 Å². The van der Waals surface area contributed by atoms with Gasteiger partial charge in [0.25, 0.3) is 0 Å². The first-order chi connectivity index (χ1) is 9.81. The van der Waals surface area contributed by atoms with Gasteiger partial charge >= 0.3 is 0 Å². The Labute approximate surface area is 128 Å². The number of carbonyl (C=O) groups is 1. The van der Waals surface area contributed by atoms with E-state index in [0.717, 1.165) is 31.6 Å². The number of amides is 1. The van der Waals surface area contributed by atoms with Gasteiger partial charge in [-0.25, -0.2) is 0 Å². The predicted molar refractivity (Wildman–Crippen MR) is 87.9 cm³/mol. The van der Waals surface area contributed by atoms with E-state index < -0.39 is 0 Å². The molecule has 0 aliphatic rings. The van der Waals surface area contributed by atoms with Crippen LogP contribution in [0, 0.1) is 0 Å². The molecule has 0 unspecified atom stereocenters. The Morgan fingerprint density at radius 3 is 2.33 bits per heavy atom. The first-order valence-corrected chi connectivity index (χ1v) is 7.12. The molecule has 0 heterocycles. The summed E-state index contributed by atoms with van der Waals surface area (Å²) in [5.41, 5.74) is 6.11. The summed E-state index contributed by atoms with van der Waals surface area (Å²) in [6.07, 6.45) is 4.63. The smallest absolute Gasteiger partial charge is 0.231 e. The molecule has 120 valence electrons. The molecule has 0 bridgehead atoms. The quantitative estimate of drug-likeness (QED) is 0.336. The van der Waals surface area contributed by atoms with Gasteiger partial charge in [0.05, 0.1) is 13.2 Å². The highest BCUT2D eigenvalue weighted by Gasteiger charge is 2.04. The van der Waals surface area contributed by atoms with E-state index in [2.05, 4.69) is 18.1 Å². The van der Waals surface area contributed by atoms with Crippen LogP contribution in [0.4, 0.5) is 0 Å². The van der Waals surface area contributed by atoms with Gasteiger partial charge in [-0.15, -0.1) is 0 Å². The minimum Gasteiger partial charge on any atom is -0.494 e. The lowest BCUT2D eigenvalue weighted by molar-refractivity contribution is -0.118. The number of hydrogen-bond acceptors (Lipinski definition) is 4. The van der Waals surface area contributed by atoms with E-state index in [9.17, 15) is 4.79 Å². The molecule has 0 spiro atoms. The van der Waals surface area contributed by atoms with Gasteiger partial charge in [-0.2, -0.15) is 0 Å². The minimum absolute atomic E-state index is 0.296. The average molecular weight is 295 g/mol. The van der Waals surface area contributed by atoms with Crippen molar-refractivity contribution in [2.45, 2.75) is 13.3 Å². The number of ether oxygens (including phenoxy) is 1. The van der Waals surface area contributed by atoms with Crippen LogP contribution in [-0.4, -0.2) is 62.6 Å². The first-order valence-electron chi connectivity index (χ1n) is 7.12. The Balaban J connectivity index is 3.66. The van der Waals surface area contributed by atoms with Gasteiger partial charge in [-0.05, 0) is 33.5 Å². The molecule has 5 nitrogen and oxygen atoms in total. The molecule has 0 atom stereocenters. The molecule has 0 aromatic carbocycles. The van der Waals surface area contributed by atoms with Crippen LogP contribution < -0.4 is 5.73 Å². The lowest BCUT2D eigenvalue weighted by Gasteiger charge is -2.21. The average Bonchev–Trinajstić information content (AvgIpc) is 2.38. The van der Waals surface area contributed by atoms with Crippen molar-refractivity contribution < 1.29 is 9.53 Å². The highest BCUT2D eigenvalue weighted by atomic mass is 16.5. The maximum Gasteiger partial charge on any atom is 0.231 e. The lowest BCUT2D eigenvalue weighted by Crippen LogP contribution is -2.36. The molecule has 2 N–H and O–H groups in total. The van der Waals surface area contributed by atoms with Crippen LogP contribution in [0.15, 0.2) is 36.6 Å². The summed E-state index contributed by atoms with van der Waals surface area (Å²) >= 11 is 0. The molecule has 0 saturated carbocycles. The largest absolute Gasteiger partial charge is 0.494 e. The molecule has 0 aromatic rings. The van der Waals surface area contributed by atoms with Crippen molar-refractivity contribution in [2.75, 3.05) is 46.9 Å². The third kappa shape index (κ3) is 13.2. The van der Waals surface area contributed by atoms with Gasteiger partial charge in [0.2, 0.25) is 5.91 Å². The van der Waals surface area contributed by atoms with Crippen molar-refractivity contribution in [3.05, 3.63) is 36.6 Å². The summed E-state index contributed by atoms with van der Waals surface area (Å²) in [6.45, 7) is 13.1. The van der Waals surface area contributed by atoms with Crippen LogP contribution in [0.3, 0.4) is 0 Å². The van der Waals surface area contributed by atoms with E-state index in [0.29, 0.717) is 18.9 Å². The number of allylic oxidation sites excluding steroid dienone is 3. The molecule has 21 heavy (non-hydrogen) atoms. The second-order valence-corrected chi connectivity index (χ2v) is 5.36. The number of carbonyl (C=O) groups excluding carboxylic acids is 1. The molecule has 0 aromatic heterocycles. The van der Waals surface area contributed by atoms with E-state index >= 15 is 0 Å². The maximum absolute atomic E-state index is 10.8. The Morgan fingerprint density at radius 2 is 1.76 bits per heavy atom. The van der Waals surface area contributed by atoms with Crippen LogP contribution in [0.25, 0.3) is 0 Å². The fourth-order valence-electron chi connectivity index (χ4n) is 1.62. The summed E-state index contributed by atoms with van der Waals surface area (Å²) in [5, 5.41) is 0. The normalized spacial score (nSPS) is 11.3. The van der Waals surface area contributed by atoms with Crippen LogP contribution in [0.1, 0.15) is 13.3 Å². The van der Waals surface area contributed by atoms with E-state index in [1.165, 1.54) is 0 Å². The summed E-state index contributed by atoms with van der Waals surface area (Å²) in [4.78, 5) is 14.9. The molecule has 0 fully saturated rings. The van der Waals surface area contributed by atoms with Crippen molar-refractivity contribution in [2.24, 2.45) is 5.73 Å². The predicted octanol–water partition coefficient (Wildman–Crippen LogP) is 1.39. The second kappa shape index (κ2) is 11.1. The number of hydrogen-bond donors (Lipinski definition) is 1. The van der Waals surface area contributed by atoms with Gasteiger partial charge in [0, 0.05) is 19.6 Å². The molecule has 1 amide bonds. The third-order valence-electron chi connectivity index (χ3n) is 2.81. The number of nitrogens with two attached hydrogens (primary N) is 1. The monoisotopic (exact) mass is 295 g/mol. The summed E-state index contributed by atoms with van der Waals surface area (Å²) in [7, 11) is 3.94. The van der Waals surface area contributed by atoms with Gasteiger partial charge < -0.3 is 15.4 Å². The molecular weight excluding hydrogens is 266 g/mol. The molecule has 0 rings (SSSR count). The van der Waals surface area contributed by atoms with E-state index in [4.69, 9.17) is 10.5 Å². The molecular formula is C16H29N3O2. The van der Waals surface area contributed by atoms with Crippen molar-refractivity contribution in [1.29, 1.82) is 0 Å². The number of nitrogens with zero attached hydrogens (tertiary/aromatic N) is 2. The third-order valence-corrected chi connectivity index (χ3v) is 2.81. The number of rotatable bonds is 12. The second-order valence-electron chi connectivity index (χ2n) is 5.36. The van der Waals surface area contributed by atoms with E-state index in [1.54, 1.807) is 0 Å². The fourth-order valence-corrected chi connectivity index (χ4v) is 1.62. The Bertz CT molecular complexity index is 378. The summed E-state index contributed by atoms with van der Waals surface area (Å²) in [6, 6.07) is 0. The summed E-state index contributed by atoms with van der Waals surface area (Å²) < 4.78 is 5.50. The number of likely N-dealkylation sites (N-methyl/N-ethyl adjacent to an activating group) is 2. The molecule has 5 heteroatoms. The maximum atomic E-state index is 10.8. The molecule has 0 saturated heterocycles. The zero-order chi connectivity index (χ0) is 16.3. The topological polar surface area (TPSA) is 58.8 Å². The van der Waals surface area contributed by atoms with E-state index in [-0.39, 0.29) is 5.91 Å². The Kier molecular flexibility index (Phi) is 10.3. The number of primary amides is 1. The zero-order valence-electron chi connectivity index (χ0n) is 13.6. The fraction of sp³-hybridized carbons (Fsp3) is 0.562. The van der Waals surface area contributed by atoms with Crippen LogP contribution in [0.5, 0.6) is 0 Å². The van der Waals surface area contributed by atoms with Crippen molar-refractivity contribution in [3.63, 3.8) is 0 Å². The van der Waals surface area contributed by atoms with Crippen molar-refractivity contribution in [3.8, 4) is 0 Å². The molecule has 0 aliphatic heterocycles. The SMILES string of the molecule is C=C(C)/C=C\C(=C)OCCCN(C)CCN(C)CC(N)=O. The highest BCUT2D eigenvalue weighted by Crippen LogP contribution is 2.00. The lowest BCUT2D eigenvalue weighted by atomic mass is 10.3. The van der Waals surface area contributed by atoms with E-state index in [1.807, 2.05) is 38.1 Å². The van der Waals surface area contributed by atoms with Crippen LogP contribution in [0.2, 0.25) is 0 Å². The van der Waals surface area contributed by atoms with Crippen LogP contribution >= 0.6 is 0 Å². The van der Waals surface area contributed by atoms with Crippen LogP contribution in [-0.2, 0) is 9.53 Å². The molecule has 0 radical (unpaired) electrons. The highest BCUT2D eigenvalue weighted by molar-refractivity contribution is 5.75. The zero-order valence-corrected chi connectivity index (χ0v) is 13.6. The van der Waals surface area contributed by atoms with Gasteiger partial charge in [0.1, 0.15) is 5.76 Å². The first kappa shape index (κ1) is 19.4. The van der Waals surface area contributed by atoms with Gasteiger partial charge in [-0.3, -0.25) is 9.69 Å². The minimum atomic E-state index is -0.296. The van der Waals surface area contributed by atoms with Crippen molar-refractivity contribution in [1.82, 2.24) is 9.80 Å². The van der Waals surface area contributed by atoms with Crippen molar-refractivity contribution >= 4 is 5.91 Å².